The van der Waals surface area contributed by atoms with Gasteiger partial charge in [0.2, 0.25) is 11.8 Å². The van der Waals surface area contributed by atoms with Gasteiger partial charge in [-0.15, -0.1) is 0 Å². The number of rotatable bonds is 4. The lowest BCUT2D eigenvalue weighted by atomic mass is 9.88. The topological polar surface area (TPSA) is 49.4 Å². The van der Waals surface area contributed by atoms with Crippen LogP contribution in [-0.4, -0.2) is 23.3 Å². The zero-order valence-corrected chi connectivity index (χ0v) is 15.1. The standard InChI is InChI=1S/C21H22F2N2O2/c1-14(26)25-13-17(7-10-20(25)16-5-8-18(22)9-6-16)21(27)24-12-15-3-2-4-19(23)11-15/h2-6,8-9,11,17,20H,7,10,12-13H2,1H3,(H,24,27). The zero-order chi connectivity index (χ0) is 19.4. The molecule has 2 atom stereocenters. The molecule has 0 saturated carbocycles. The Balaban J connectivity index is 1.64. The summed E-state index contributed by atoms with van der Waals surface area (Å²) in [6, 6.07) is 12.0. The monoisotopic (exact) mass is 372 g/mol. The first-order valence-corrected chi connectivity index (χ1v) is 8.99. The van der Waals surface area contributed by atoms with Crippen LogP contribution in [0, 0.1) is 17.6 Å². The molecule has 4 nitrogen and oxygen atoms in total. The van der Waals surface area contributed by atoms with Crippen LogP contribution in [0.3, 0.4) is 0 Å². The van der Waals surface area contributed by atoms with E-state index < -0.39 is 0 Å². The number of carbonyl (C=O) groups excluding carboxylic acids is 2. The van der Waals surface area contributed by atoms with E-state index in [1.807, 2.05) is 0 Å². The van der Waals surface area contributed by atoms with Crippen LogP contribution in [0.25, 0.3) is 0 Å². The van der Waals surface area contributed by atoms with E-state index >= 15 is 0 Å². The Labute approximate surface area is 157 Å². The van der Waals surface area contributed by atoms with Crippen molar-refractivity contribution in [3.63, 3.8) is 0 Å². The highest BCUT2D eigenvalue weighted by Gasteiger charge is 2.34. The smallest absolute Gasteiger partial charge is 0.225 e. The van der Waals surface area contributed by atoms with Crippen molar-refractivity contribution in [2.45, 2.75) is 32.4 Å². The number of halogens is 2. The molecule has 1 saturated heterocycles. The Hall–Kier alpha value is -2.76. The number of likely N-dealkylation sites (tertiary alicyclic amines) is 1. The summed E-state index contributed by atoms with van der Waals surface area (Å²) in [7, 11) is 0. The lowest BCUT2D eigenvalue weighted by Gasteiger charge is -2.39. The van der Waals surface area contributed by atoms with E-state index in [-0.39, 0.29) is 42.0 Å². The van der Waals surface area contributed by atoms with Crippen molar-refractivity contribution in [1.29, 1.82) is 0 Å². The van der Waals surface area contributed by atoms with Gasteiger partial charge in [0.1, 0.15) is 11.6 Å². The Kier molecular flexibility index (Phi) is 5.84. The molecule has 0 radical (unpaired) electrons. The predicted octanol–water partition coefficient (Wildman–Crippen LogP) is 3.58. The molecule has 2 aromatic carbocycles. The first-order chi connectivity index (χ1) is 12.9. The molecule has 2 amide bonds. The van der Waals surface area contributed by atoms with Crippen LogP contribution >= 0.6 is 0 Å². The number of carbonyl (C=O) groups is 2. The molecule has 0 spiro atoms. The van der Waals surface area contributed by atoms with Gasteiger partial charge in [-0.1, -0.05) is 24.3 Å². The first-order valence-electron chi connectivity index (χ1n) is 8.99. The third kappa shape index (κ3) is 4.70. The molecule has 1 heterocycles. The van der Waals surface area contributed by atoms with Gasteiger partial charge < -0.3 is 10.2 Å². The molecule has 2 aromatic rings. The average molecular weight is 372 g/mol. The fraction of sp³-hybridized carbons (Fsp3) is 0.333. The molecule has 2 unspecified atom stereocenters. The molecule has 0 bridgehead atoms. The Morgan fingerprint density at radius 3 is 2.48 bits per heavy atom. The van der Waals surface area contributed by atoms with Gasteiger partial charge in [0, 0.05) is 20.0 Å². The maximum absolute atomic E-state index is 13.2. The van der Waals surface area contributed by atoms with E-state index in [0.29, 0.717) is 24.9 Å². The van der Waals surface area contributed by atoms with Crippen molar-refractivity contribution < 1.29 is 18.4 Å². The van der Waals surface area contributed by atoms with Crippen molar-refractivity contribution >= 4 is 11.8 Å². The van der Waals surface area contributed by atoms with Crippen molar-refractivity contribution in [2.75, 3.05) is 6.54 Å². The van der Waals surface area contributed by atoms with Crippen LogP contribution in [0.1, 0.15) is 36.9 Å². The fourth-order valence-electron chi connectivity index (χ4n) is 3.54. The summed E-state index contributed by atoms with van der Waals surface area (Å²) in [6.45, 7) is 2.03. The minimum Gasteiger partial charge on any atom is -0.352 e. The summed E-state index contributed by atoms with van der Waals surface area (Å²) in [5, 5.41) is 2.82. The molecular weight excluding hydrogens is 350 g/mol. The number of nitrogens with zero attached hydrogens (tertiary/aromatic N) is 1. The van der Waals surface area contributed by atoms with Gasteiger partial charge in [-0.3, -0.25) is 9.59 Å². The van der Waals surface area contributed by atoms with E-state index in [9.17, 15) is 18.4 Å². The zero-order valence-electron chi connectivity index (χ0n) is 15.1. The van der Waals surface area contributed by atoms with Crippen molar-refractivity contribution in [3.05, 3.63) is 71.3 Å². The molecule has 0 aromatic heterocycles. The average Bonchev–Trinajstić information content (AvgIpc) is 2.66. The third-order valence-corrected chi connectivity index (χ3v) is 4.97. The largest absolute Gasteiger partial charge is 0.352 e. The Morgan fingerprint density at radius 2 is 1.81 bits per heavy atom. The summed E-state index contributed by atoms with van der Waals surface area (Å²) in [4.78, 5) is 26.3. The normalized spacial score (nSPS) is 19.6. The Morgan fingerprint density at radius 1 is 1.07 bits per heavy atom. The highest BCUT2D eigenvalue weighted by molar-refractivity contribution is 5.81. The summed E-state index contributed by atoms with van der Waals surface area (Å²) in [5.74, 6) is -1.25. The van der Waals surface area contributed by atoms with E-state index in [1.54, 1.807) is 29.2 Å². The number of piperidine rings is 1. The van der Waals surface area contributed by atoms with Crippen molar-refractivity contribution in [1.82, 2.24) is 10.2 Å². The number of benzene rings is 2. The second-order valence-corrected chi connectivity index (χ2v) is 6.86. The molecular formula is C21H22F2N2O2. The van der Waals surface area contributed by atoms with E-state index in [4.69, 9.17) is 0 Å². The molecule has 1 fully saturated rings. The fourth-order valence-corrected chi connectivity index (χ4v) is 3.54. The molecule has 27 heavy (non-hydrogen) atoms. The van der Waals surface area contributed by atoms with E-state index in [0.717, 1.165) is 5.56 Å². The minimum atomic E-state index is -0.343. The predicted molar refractivity (Wildman–Crippen MR) is 97.5 cm³/mol. The summed E-state index contributed by atoms with van der Waals surface area (Å²) in [6.07, 6.45) is 1.25. The SMILES string of the molecule is CC(=O)N1CC(C(=O)NCc2cccc(F)c2)CCC1c1ccc(F)cc1. The maximum Gasteiger partial charge on any atom is 0.225 e. The van der Waals surface area contributed by atoms with Gasteiger partial charge in [0.05, 0.1) is 12.0 Å². The van der Waals surface area contributed by atoms with Gasteiger partial charge in [-0.05, 0) is 48.2 Å². The van der Waals surface area contributed by atoms with Crippen molar-refractivity contribution in [2.24, 2.45) is 5.92 Å². The van der Waals surface area contributed by atoms with Gasteiger partial charge in [0.15, 0.2) is 0 Å². The Bertz CT molecular complexity index is 823. The quantitative estimate of drug-likeness (QED) is 0.892. The lowest BCUT2D eigenvalue weighted by Crippen LogP contribution is -2.46. The first kappa shape index (κ1) is 19.0. The third-order valence-electron chi connectivity index (χ3n) is 4.97. The van der Waals surface area contributed by atoms with Crippen LogP contribution in [-0.2, 0) is 16.1 Å². The van der Waals surface area contributed by atoms with E-state index in [1.165, 1.54) is 31.2 Å². The van der Waals surface area contributed by atoms with Crippen LogP contribution in [0.15, 0.2) is 48.5 Å². The lowest BCUT2D eigenvalue weighted by molar-refractivity contribution is -0.137. The molecule has 3 rings (SSSR count). The number of hydrogen-bond donors (Lipinski definition) is 1. The molecule has 6 heteroatoms. The molecule has 0 aliphatic carbocycles. The highest BCUT2D eigenvalue weighted by atomic mass is 19.1. The highest BCUT2D eigenvalue weighted by Crippen LogP contribution is 2.33. The summed E-state index contributed by atoms with van der Waals surface area (Å²) < 4.78 is 26.4. The maximum atomic E-state index is 13.2. The molecule has 142 valence electrons. The number of nitrogens with one attached hydrogen (secondary N) is 1. The van der Waals surface area contributed by atoms with Crippen LogP contribution in [0.4, 0.5) is 8.78 Å². The summed E-state index contributed by atoms with van der Waals surface area (Å²) in [5.41, 5.74) is 1.55. The van der Waals surface area contributed by atoms with Crippen molar-refractivity contribution in [3.8, 4) is 0 Å². The van der Waals surface area contributed by atoms with Gasteiger partial charge in [0.25, 0.3) is 0 Å². The number of hydrogen-bond acceptors (Lipinski definition) is 2. The van der Waals surface area contributed by atoms with Crippen LogP contribution in [0.2, 0.25) is 0 Å². The van der Waals surface area contributed by atoms with E-state index in [2.05, 4.69) is 5.32 Å². The molecule has 1 aliphatic heterocycles. The molecule has 1 aliphatic rings. The van der Waals surface area contributed by atoms with Gasteiger partial charge >= 0.3 is 0 Å². The van der Waals surface area contributed by atoms with Crippen LogP contribution in [0.5, 0.6) is 0 Å². The van der Waals surface area contributed by atoms with Crippen LogP contribution < -0.4 is 5.32 Å². The van der Waals surface area contributed by atoms with Gasteiger partial charge in [-0.2, -0.15) is 0 Å². The van der Waals surface area contributed by atoms with Gasteiger partial charge in [-0.25, -0.2) is 8.78 Å². The minimum absolute atomic E-state index is 0.119. The second kappa shape index (κ2) is 8.29. The summed E-state index contributed by atoms with van der Waals surface area (Å²) >= 11 is 0. The second-order valence-electron chi connectivity index (χ2n) is 6.86. The molecule has 1 N–H and O–H groups in total. The number of amides is 2.